The summed E-state index contributed by atoms with van der Waals surface area (Å²) in [6.45, 7) is 0. The summed E-state index contributed by atoms with van der Waals surface area (Å²) in [5.41, 5.74) is 13.9. The molecule has 0 radical (unpaired) electrons. The van der Waals surface area contributed by atoms with Gasteiger partial charge in [0.05, 0.1) is 0 Å². The maximum atomic E-state index is 6.31. The van der Waals surface area contributed by atoms with Crippen LogP contribution in [0.15, 0.2) is 221 Å². The molecular weight excluding hydrogens is 719 g/mol. The SMILES string of the molecule is c1ccc(-c2ccccc2-c2ccccc2-c2cccc(N(c3ccc4ccc5cc6oc7ccccc7c6cc5c4c3)c3ccc4oc5ccccc5c4c3)c2)cc1. The molecule has 2 aromatic heterocycles. The Kier molecular flexibility index (Phi) is 7.54. The van der Waals surface area contributed by atoms with Crippen molar-refractivity contribution in [1.82, 2.24) is 0 Å². The zero-order chi connectivity index (χ0) is 38.9. The van der Waals surface area contributed by atoms with Crippen LogP contribution in [-0.4, -0.2) is 0 Å². The number of rotatable bonds is 6. The van der Waals surface area contributed by atoms with Gasteiger partial charge in [0, 0.05) is 38.6 Å². The predicted octanol–water partition coefficient (Wildman–Crippen LogP) is 16.3. The highest BCUT2D eigenvalue weighted by molar-refractivity contribution is 6.17. The van der Waals surface area contributed by atoms with Crippen molar-refractivity contribution in [1.29, 1.82) is 0 Å². The number of para-hydroxylation sites is 2. The fourth-order valence-electron chi connectivity index (χ4n) is 9.07. The van der Waals surface area contributed by atoms with E-state index in [0.717, 1.165) is 71.9 Å². The van der Waals surface area contributed by atoms with E-state index in [1.165, 1.54) is 44.0 Å². The van der Waals surface area contributed by atoms with E-state index < -0.39 is 0 Å². The van der Waals surface area contributed by atoms with Gasteiger partial charge in [-0.05, 0) is 122 Å². The van der Waals surface area contributed by atoms with Gasteiger partial charge in [0.25, 0.3) is 0 Å². The van der Waals surface area contributed by atoms with Gasteiger partial charge < -0.3 is 13.7 Å². The van der Waals surface area contributed by atoms with Gasteiger partial charge in [0.15, 0.2) is 0 Å². The Bertz CT molecular complexity index is 3580. The molecule has 0 amide bonds. The lowest BCUT2D eigenvalue weighted by Crippen LogP contribution is -2.10. The molecule has 0 atom stereocenters. The van der Waals surface area contributed by atoms with Gasteiger partial charge in [-0.2, -0.15) is 0 Å². The minimum Gasteiger partial charge on any atom is -0.456 e. The fraction of sp³-hybridized carbons (Fsp3) is 0. The number of hydrogen-bond acceptors (Lipinski definition) is 3. The van der Waals surface area contributed by atoms with E-state index in [9.17, 15) is 0 Å². The zero-order valence-electron chi connectivity index (χ0n) is 32.0. The molecular formula is C56H35NO2. The lowest BCUT2D eigenvalue weighted by atomic mass is 9.89. The van der Waals surface area contributed by atoms with E-state index >= 15 is 0 Å². The van der Waals surface area contributed by atoms with Gasteiger partial charge in [-0.3, -0.25) is 0 Å². The van der Waals surface area contributed by atoms with Crippen molar-refractivity contribution >= 4 is 82.5 Å². The van der Waals surface area contributed by atoms with Crippen LogP contribution >= 0.6 is 0 Å². The quantitative estimate of drug-likeness (QED) is 0.158. The number of benzene rings is 10. The maximum absolute atomic E-state index is 6.31. The summed E-state index contributed by atoms with van der Waals surface area (Å²) >= 11 is 0. The number of anilines is 3. The van der Waals surface area contributed by atoms with Crippen molar-refractivity contribution in [2.24, 2.45) is 0 Å². The lowest BCUT2D eigenvalue weighted by Gasteiger charge is -2.27. The highest BCUT2D eigenvalue weighted by Crippen LogP contribution is 2.44. The molecule has 2 heterocycles. The number of nitrogens with zero attached hydrogens (tertiary/aromatic N) is 1. The largest absolute Gasteiger partial charge is 0.456 e. The number of furan rings is 2. The molecule has 12 rings (SSSR count). The van der Waals surface area contributed by atoms with E-state index in [2.05, 4.69) is 193 Å². The lowest BCUT2D eigenvalue weighted by molar-refractivity contribution is 0.668. The molecule has 0 aliphatic carbocycles. The molecule has 0 unspecified atom stereocenters. The van der Waals surface area contributed by atoms with Crippen molar-refractivity contribution in [2.45, 2.75) is 0 Å². The predicted molar refractivity (Wildman–Crippen MR) is 247 cm³/mol. The fourth-order valence-corrected chi connectivity index (χ4v) is 9.07. The number of hydrogen-bond donors (Lipinski definition) is 0. The Morgan fingerprint density at radius 2 is 0.746 bits per heavy atom. The molecule has 0 aliphatic rings. The van der Waals surface area contributed by atoms with Crippen LogP contribution in [0.2, 0.25) is 0 Å². The van der Waals surface area contributed by atoms with Crippen LogP contribution in [-0.2, 0) is 0 Å². The normalized spacial score (nSPS) is 11.7. The Hall–Kier alpha value is -7.88. The van der Waals surface area contributed by atoms with Crippen molar-refractivity contribution in [3.05, 3.63) is 212 Å². The van der Waals surface area contributed by atoms with Crippen LogP contribution in [0.25, 0.3) is 98.8 Å². The van der Waals surface area contributed by atoms with Gasteiger partial charge >= 0.3 is 0 Å². The summed E-state index contributed by atoms with van der Waals surface area (Å²) in [5.74, 6) is 0. The van der Waals surface area contributed by atoms with E-state index in [-0.39, 0.29) is 0 Å². The minimum atomic E-state index is 0.871. The molecule has 276 valence electrons. The molecule has 0 spiro atoms. The summed E-state index contributed by atoms with van der Waals surface area (Å²) < 4.78 is 12.6. The van der Waals surface area contributed by atoms with Gasteiger partial charge in [-0.1, -0.05) is 146 Å². The molecule has 12 aromatic rings. The first-order valence-corrected chi connectivity index (χ1v) is 20.1. The van der Waals surface area contributed by atoms with E-state index in [1.54, 1.807) is 0 Å². The van der Waals surface area contributed by atoms with Crippen molar-refractivity contribution in [2.75, 3.05) is 4.90 Å². The van der Waals surface area contributed by atoms with Crippen LogP contribution in [0.4, 0.5) is 17.1 Å². The smallest absolute Gasteiger partial charge is 0.136 e. The summed E-state index contributed by atoms with van der Waals surface area (Å²) in [4.78, 5) is 2.38. The highest BCUT2D eigenvalue weighted by Gasteiger charge is 2.19. The van der Waals surface area contributed by atoms with E-state index in [0.29, 0.717) is 0 Å². The second kappa shape index (κ2) is 13.4. The average Bonchev–Trinajstić information content (AvgIpc) is 3.86. The second-order valence-corrected chi connectivity index (χ2v) is 15.3. The molecule has 10 aromatic carbocycles. The second-order valence-electron chi connectivity index (χ2n) is 15.3. The first kappa shape index (κ1) is 33.3. The topological polar surface area (TPSA) is 29.5 Å². The van der Waals surface area contributed by atoms with Gasteiger partial charge in [0.1, 0.15) is 22.3 Å². The molecule has 3 nitrogen and oxygen atoms in total. The van der Waals surface area contributed by atoms with Crippen molar-refractivity contribution in [3.63, 3.8) is 0 Å². The van der Waals surface area contributed by atoms with E-state index in [4.69, 9.17) is 8.83 Å². The van der Waals surface area contributed by atoms with Gasteiger partial charge in [-0.15, -0.1) is 0 Å². The first-order valence-electron chi connectivity index (χ1n) is 20.1. The Labute approximate surface area is 340 Å². The molecule has 3 heteroatoms. The monoisotopic (exact) mass is 753 g/mol. The van der Waals surface area contributed by atoms with Crippen LogP contribution < -0.4 is 4.90 Å². The van der Waals surface area contributed by atoms with Crippen LogP contribution in [0, 0.1) is 0 Å². The zero-order valence-corrected chi connectivity index (χ0v) is 32.0. The van der Waals surface area contributed by atoms with Crippen LogP contribution in [0.3, 0.4) is 0 Å². The van der Waals surface area contributed by atoms with Crippen molar-refractivity contribution < 1.29 is 8.83 Å². The Balaban J connectivity index is 1.07. The average molecular weight is 754 g/mol. The highest BCUT2D eigenvalue weighted by atomic mass is 16.3. The van der Waals surface area contributed by atoms with Gasteiger partial charge in [-0.25, -0.2) is 0 Å². The van der Waals surface area contributed by atoms with Gasteiger partial charge in [0.2, 0.25) is 0 Å². The number of fused-ring (bicyclic) bond motifs is 9. The molecule has 0 saturated carbocycles. The van der Waals surface area contributed by atoms with Crippen molar-refractivity contribution in [3.8, 4) is 33.4 Å². The molecule has 59 heavy (non-hydrogen) atoms. The molecule has 0 fully saturated rings. The third kappa shape index (κ3) is 5.51. The Morgan fingerprint density at radius 3 is 1.49 bits per heavy atom. The first-order chi connectivity index (χ1) is 29.2. The standard InChI is InChI=1S/C56H35NO2/c1-2-13-36(14-3-1)43-17-4-6-19-45(43)46-20-7-5-18-44(46)38-15-12-16-40(31-38)57(42-29-30-55-51(34-42)47-21-8-10-23-53(47)58-55)41-28-27-37-25-26-39-32-56-52(35-50(39)49(37)33-41)48-22-9-11-24-54(48)59-56/h1-35H. The molecule has 0 saturated heterocycles. The van der Waals surface area contributed by atoms with Crippen LogP contribution in [0.1, 0.15) is 0 Å². The summed E-state index contributed by atoms with van der Waals surface area (Å²) in [7, 11) is 0. The summed E-state index contributed by atoms with van der Waals surface area (Å²) in [6, 6.07) is 76.0. The molecule has 0 aliphatic heterocycles. The summed E-state index contributed by atoms with van der Waals surface area (Å²) in [5, 5.41) is 9.15. The maximum Gasteiger partial charge on any atom is 0.136 e. The van der Waals surface area contributed by atoms with E-state index in [1.807, 2.05) is 24.3 Å². The minimum absolute atomic E-state index is 0.871. The Morgan fingerprint density at radius 1 is 0.254 bits per heavy atom. The summed E-state index contributed by atoms with van der Waals surface area (Å²) in [6.07, 6.45) is 0. The third-order valence-corrected chi connectivity index (χ3v) is 11.8. The third-order valence-electron chi connectivity index (χ3n) is 11.8. The molecule has 0 N–H and O–H groups in total. The van der Waals surface area contributed by atoms with Crippen LogP contribution in [0.5, 0.6) is 0 Å². The molecule has 0 bridgehead atoms.